The molecule has 2 aromatic rings. The van der Waals surface area contributed by atoms with E-state index in [-0.39, 0.29) is 10.6 Å². The Labute approximate surface area is 120 Å². The van der Waals surface area contributed by atoms with Gasteiger partial charge in [-0.15, -0.1) is 0 Å². The molecule has 104 valence electrons. The molecule has 0 atom stereocenters. The fourth-order valence-electron chi connectivity index (χ4n) is 2.69. The first-order valence-electron chi connectivity index (χ1n) is 6.70. The van der Waals surface area contributed by atoms with E-state index in [4.69, 9.17) is 11.6 Å². The van der Waals surface area contributed by atoms with Crippen LogP contribution in [0, 0.1) is 5.82 Å². The van der Waals surface area contributed by atoms with Crippen LogP contribution in [0.3, 0.4) is 0 Å². The highest BCUT2D eigenvalue weighted by atomic mass is 35.5. The zero-order valence-corrected chi connectivity index (χ0v) is 11.6. The van der Waals surface area contributed by atoms with Gasteiger partial charge in [0.05, 0.1) is 10.7 Å². The lowest BCUT2D eigenvalue weighted by Gasteiger charge is -2.10. The van der Waals surface area contributed by atoms with Gasteiger partial charge in [-0.05, 0) is 31.0 Å². The van der Waals surface area contributed by atoms with Gasteiger partial charge in [-0.25, -0.2) is 9.37 Å². The number of nitrogens with zero attached hydrogens (tertiary/aromatic N) is 1. The molecule has 3 rings (SSSR count). The molecule has 0 saturated heterocycles. The highest BCUT2D eigenvalue weighted by Gasteiger charge is 2.19. The van der Waals surface area contributed by atoms with Gasteiger partial charge >= 0.3 is 0 Å². The predicted molar refractivity (Wildman–Crippen MR) is 76.5 cm³/mol. The van der Waals surface area contributed by atoms with Crippen molar-refractivity contribution in [3.05, 3.63) is 51.2 Å². The quantitative estimate of drug-likeness (QED) is 0.913. The Morgan fingerprint density at radius 1 is 1.25 bits per heavy atom. The number of halogens is 2. The molecule has 1 N–H and O–H groups in total. The summed E-state index contributed by atoms with van der Waals surface area (Å²) in [5.41, 5.74) is 1.26. The molecule has 1 aromatic heterocycles. The Hall–Kier alpha value is -1.68. The first-order chi connectivity index (χ1) is 9.63. The highest BCUT2D eigenvalue weighted by Crippen LogP contribution is 2.33. The van der Waals surface area contributed by atoms with Crippen LogP contribution in [0.1, 0.15) is 37.3 Å². The maximum absolute atomic E-state index is 13.2. The lowest BCUT2D eigenvalue weighted by molar-refractivity contribution is 0.628. The Kier molecular flexibility index (Phi) is 3.57. The van der Waals surface area contributed by atoms with E-state index < -0.39 is 5.82 Å². The lowest BCUT2D eigenvalue weighted by atomic mass is 10.0. The van der Waals surface area contributed by atoms with Crippen LogP contribution < -0.4 is 5.56 Å². The second-order valence-electron chi connectivity index (χ2n) is 5.13. The van der Waals surface area contributed by atoms with E-state index in [9.17, 15) is 9.18 Å². The third kappa shape index (κ3) is 2.61. The van der Waals surface area contributed by atoms with Gasteiger partial charge in [-0.2, -0.15) is 0 Å². The molecule has 1 saturated carbocycles. The first kappa shape index (κ1) is 13.3. The van der Waals surface area contributed by atoms with Gasteiger partial charge in [-0.3, -0.25) is 4.79 Å². The van der Waals surface area contributed by atoms with Gasteiger partial charge in [0, 0.05) is 17.5 Å². The fourth-order valence-corrected chi connectivity index (χ4v) is 2.87. The largest absolute Gasteiger partial charge is 0.307 e. The van der Waals surface area contributed by atoms with E-state index >= 15 is 0 Å². The standard InChI is InChI=1S/C15H14ClFN2O/c16-11-7-10(5-6-12(11)17)15-18-13(8-14(20)19-15)9-3-1-2-4-9/h5-9H,1-4H2,(H,18,19,20). The summed E-state index contributed by atoms with van der Waals surface area (Å²) in [5.74, 6) is 0.318. The second-order valence-corrected chi connectivity index (χ2v) is 5.54. The van der Waals surface area contributed by atoms with E-state index in [0.29, 0.717) is 17.3 Å². The van der Waals surface area contributed by atoms with E-state index in [0.717, 1.165) is 18.5 Å². The Balaban J connectivity index is 2.04. The normalized spacial score (nSPS) is 15.7. The Morgan fingerprint density at radius 3 is 2.70 bits per heavy atom. The van der Waals surface area contributed by atoms with Gasteiger partial charge in [0.15, 0.2) is 0 Å². The number of hydrogen-bond donors (Lipinski definition) is 1. The average Bonchev–Trinajstić information content (AvgIpc) is 2.95. The molecular weight excluding hydrogens is 279 g/mol. The summed E-state index contributed by atoms with van der Waals surface area (Å²) in [6, 6.07) is 5.88. The average molecular weight is 293 g/mol. The molecule has 1 fully saturated rings. The van der Waals surface area contributed by atoms with Crippen molar-refractivity contribution in [2.45, 2.75) is 31.6 Å². The van der Waals surface area contributed by atoms with Crippen LogP contribution in [0.25, 0.3) is 11.4 Å². The first-order valence-corrected chi connectivity index (χ1v) is 7.08. The molecule has 0 radical (unpaired) electrons. The zero-order valence-electron chi connectivity index (χ0n) is 10.8. The monoisotopic (exact) mass is 292 g/mol. The van der Waals surface area contributed by atoms with Crippen molar-refractivity contribution in [2.24, 2.45) is 0 Å². The summed E-state index contributed by atoms with van der Waals surface area (Å²) in [4.78, 5) is 19.0. The number of H-pyrrole nitrogens is 1. The summed E-state index contributed by atoms with van der Waals surface area (Å²) in [7, 11) is 0. The van der Waals surface area contributed by atoms with Crippen molar-refractivity contribution in [1.29, 1.82) is 0 Å². The summed E-state index contributed by atoms with van der Waals surface area (Å²) in [5, 5.41) is 0.0245. The molecule has 1 aliphatic carbocycles. The molecule has 0 bridgehead atoms. The molecule has 0 amide bonds. The third-order valence-electron chi connectivity index (χ3n) is 3.73. The number of aromatic nitrogens is 2. The van der Waals surface area contributed by atoms with Crippen molar-refractivity contribution in [2.75, 3.05) is 0 Å². The van der Waals surface area contributed by atoms with E-state index in [1.54, 1.807) is 12.1 Å². The minimum Gasteiger partial charge on any atom is -0.307 e. The van der Waals surface area contributed by atoms with Gasteiger partial charge in [-0.1, -0.05) is 24.4 Å². The minimum absolute atomic E-state index is 0.0245. The van der Waals surface area contributed by atoms with Crippen LogP contribution in [0.5, 0.6) is 0 Å². The summed E-state index contributed by atoms with van der Waals surface area (Å²) < 4.78 is 13.2. The second kappa shape index (κ2) is 5.37. The molecule has 0 unspecified atom stereocenters. The van der Waals surface area contributed by atoms with Gasteiger partial charge in [0.2, 0.25) is 0 Å². The Bertz CT molecular complexity index is 693. The fraction of sp³-hybridized carbons (Fsp3) is 0.333. The summed E-state index contributed by atoms with van der Waals surface area (Å²) >= 11 is 5.78. The number of benzene rings is 1. The molecular formula is C15H14ClFN2O. The summed E-state index contributed by atoms with van der Waals surface area (Å²) in [6.45, 7) is 0. The minimum atomic E-state index is -0.482. The van der Waals surface area contributed by atoms with Gasteiger partial charge in [0.1, 0.15) is 11.6 Å². The van der Waals surface area contributed by atoms with E-state index in [2.05, 4.69) is 9.97 Å². The maximum Gasteiger partial charge on any atom is 0.251 e. The lowest BCUT2D eigenvalue weighted by Crippen LogP contribution is -2.12. The van der Waals surface area contributed by atoms with Crippen molar-refractivity contribution >= 4 is 11.6 Å². The molecule has 0 aliphatic heterocycles. The van der Waals surface area contributed by atoms with Gasteiger partial charge in [0.25, 0.3) is 5.56 Å². The molecule has 20 heavy (non-hydrogen) atoms. The number of nitrogens with one attached hydrogen (secondary N) is 1. The van der Waals surface area contributed by atoms with Crippen molar-refractivity contribution in [1.82, 2.24) is 9.97 Å². The molecule has 5 heteroatoms. The zero-order chi connectivity index (χ0) is 14.1. The molecule has 1 aromatic carbocycles. The van der Waals surface area contributed by atoms with Crippen molar-refractivity contribution in [3.8, 4) is 11.4 Å². The number of aromatic amines is 1. The molecule has 1 aliphatic rings. The topological polar surface area (TPSA) is 45.8 Å². The Morgan fingerprint density at radius 2 is 2.00 bits per heavy atom. The van der Waals surface area contributed by atoms with Crippen LogP contribution in [0.15, 0.2) is 29.1 Å². The molecule has 3 nitrogen and oxygen atoms in total. The van der Waals surface area contributed by atoms with Gasteiger partial charge < -0.3 is 4.98 Å². The van der Waals surface area contributed by atoms with Crippen LogP contribution in [0.4, 0.5) is 4.39 Å². The van der Waals surface area contributed by atoms with Crippen LogP contribution >= 0.6 is 11.6 Å². The maximum atomic E-state index is 13.2. The predicted octanol–water partition coefficient (Wildman–Crippen LogP) is 3.89. The SMILES string of the molecule is O=c1cc(C2CCCC2)nc(-c2ccc(F)c(Cl)c2)[nH]1. The summed E-state index contributed by atoms with van der Waals surface area (Å²) in [6.07, 6.45) is 4.49. The van der Waals surface area contributed by atoms with Crippen molar-refractivity contribution in [3.63, 3.8) is 0 Å². The van der Waals surface area contributed by atoms with E-state index in [1.807, 2.05) is 0 Å². The van der Waals surface area contributed by atoms with Crippen molar-refractivity contribution < 1.29 is 4.39 Å². The highest BCUT2D eigenvalue weighted by molar-refractivity contribution is 6.31. The smallest absolute Gasteiger partial charge is 0.251 e. The van der Waals surface area contributed by atoms with Crippen LogP contribution in [0.2, 0.25) is 5.02 Å². The third-order valence-corrected chi connectivity index (χ3v) is 4.02. The van der Waals surface area contributed by atoms with Crippen LogP contribution in [-0.4, -0.2) is 9.97 Å². The van der Waals surface area contributed by atoms with Crippen LogP contribution in [-0.2, 0) is 0 Å². The molecule has 1 heterocycles. The molecule has 0 spiro atoms. The number of hydrogen-bond acceptors (Lipinski definition) is 2. The number of rotatable bonds is 2. The van der Waals surface area contributed by atoms with E-state index in [1.165, 1.54) is 25.0 Å².